The lowest BCUT2D eigenvalue weighted by molar-refractivity contribution is -0.112. The first-order valence-electron chi connectivity index (χ1n) is 6.06. The maximum atomic E-state index is 10.7. The van der Waals surface area contributed by atoms with E-state index in [1.807, 2.05) is 12.2 Å². The molecule has 1 heteroatoms. The van der Waals surface area contributed by atoms with Crippen LogP contribution in [0.1, 0.15) is 53.4 Å². The molecule has 90 valence electrons. The molecule has 0 bridgehead atoms. The van der Waals surface area contributed by atoms with Crippen LogP contribution in [-0.4, -0.2) is 5.78 Å². The van der Waals surface area contributed by atoms with Gasteiger partial charge < -0.3 is 0 Å². The third-order valence-electron chi connectivity index (χ3n) is 2.39. The maximum absolute atomic E-state index is 10.7. The van der Waals surface area contributed by atoms with Gasteiger partial charge in [0.25, 0.3) is 0 Å². The zero-order chi connectivity index (χ0) is 12.4. The summed E-state index contributed by atoms with van der Waals surface area (Å²) in [5.74, 6) is 0.0998. The second-order valence-corrected chi connectivity index (χ2v) is 4.32. The molecular weight excluding hydrogens is 196 g/mol. The van der Waals surface area contributed by atoms with Crippen molar-refractivity contribution >= 4 is 5.78 Å². The highest BCUT2D eigenvalue weighted by Gasteiger charge is 1.90. The van der Waals surface area contributed by atoms with Crippen LogP contribution < -0.4 is 0 Å². The van der Waals surface area contributed by atoms with Crippen LogP contribution in [-0.2, 0) is 4.79 Å². The molecule has 0 fully saturated rings. The number of carbonyl (C=O) groups excluding carboxylic acids is 1. The molecule has 0 aromatic rings. The van der Waals surface area contributed by atoms with E-state index in [9.17, 15) is 4.79 Å². The lowest BCUT2D eigenvalue weighted by atomic mass is 10.1. The third-order valence-corrected chi connectivity index (χ3v) is 2.39. The summed E-state index contributed by atoms with van der Waals surface area (Å²) in [5, 5.41) is 0. The van der Waals surface area contributed by atoms with E-state index in [2.05, 4.69) is 26.8 Å². The topological polar surface area (TPSA) is 17.1 Å². The van der Waals surface area contributed by atoms with Crippen LogP contribution in [0.3, 0.4) is 0 Å². The molecule has 0 spiro atoms. The van der Waals surface area contributed by atoms with Crippen molar-refractivity contribution in [1.29, 1.82) is 0 Å². The first-order chi connectivity index (χ1) is 7.56. The average Bonchev–Trinajstić information content (AvgIpc) is 2.17. The monoisotopic (exact) mass is 220 g/mol. The summed E-state index contributed by atoms with van der Waals surface area (Å²) < 4.78 is 0. The number of hydrogen-bond acceptors (Lipinski definition) is 1. The fourth-order valence-electron chi connectivity index (χ4n) is 1.47. The Bertz CT molecular complexity index is 293. The summed E-state index contributed by atoms with van der Waals surface area (Å²) >= 11 is 0. The van der Waals surface area contributed by atoms with Gasteiger partial charge in [-0.1, -0.05) is 42.7 Å². The summed E-state index contributed by atoms with van der Waals surface area (Å²) in [4.78, 5) is 10.7. The van der Waals surface area contributed by atoms with E-state index in [4.69, 9.17) is 0 Å². The summed E-state index contributed by atoms with van der Waals surface area (Å²) in [6.07, 6.45) is 12.4. The van der Waals surface area contributed by atoms with Crippen LogP contribution in [0, 0.1) is 0 Å². The Hall–Kier alpha value is -1.11. The highest BCUT2D eigenvalue weighted by Crippen LogP contribution is 2.09. The molecule has 0 radical (unpaired) electrons. The first kappa shape index (κ1) is 14.9. The van der Waals surface area contributed by atoms with E-state index in [0.717, 1.165) is 12.8 Å². The molecule has 0 aromatic carbocycles. The van der Waals surface area contributed by atoms with Gasteiger partial charge in [-0.25, -0.2) is 0 Å². The molecule has 0 saturated heterocycles. The number of carbonyl (C=O) groups is 1. The fourth-order valence-corrected chi connectivity index (χ4v) is 1.47. The second kappa shape index (κ2) is 9.14. The van der Waals surface area contributed by atoms with Crippen molar-refractivity contribution in [1.82, 2.24) is 0 Å². The number of allylic oxidation sites excluding steroid dienone is 6. The van der Waals surface area contributed by atoms with Crippen molar-refractivity contribution in [2.45, 2.75) is 53.4 Å². The minimum Gasteiger partial charge on any atom is -0.295 e. The normalized spacial score (nSPS) is 13.5. The van der Waals surface area contributed by atoms with E-state index >= 15 is 0 Å². The zero-order valence-corrected chi connectivity index (χ0v) is 11.0. The Morgan fingerprint density at radius 1 is 1.06 bits per heavy atom. The van der Waals surface area contributed by atoms with Crippen LogP contribution in [0.4, 0.5) is 0 Å². The predicted octanol–water partition coefficient (Wildman–Crippen LogP) is 4.60. The van der Waals surface area contributed by atoms with Gasteiger partial charge in [0.2, 0.25) is 0 Å². The molecule has 0 aromatic heterocycles. The van der Waals surface area contributed by atoms with E-state index in [1.54, 1.807) is 13.0 Å². The Kier molecular flexibility index (Phi) is 8.51. The minimum atomic E-state index is 0.0998. The first-order valence-corrected chi connectivity index (χ1v) is 6.06. The molecule has 0 aliphatic rings. The van der Waals surface area contributed by atoms with Gasteiger partial charge in [0.15, 0.2) is 5.78 Å². The molecule has 0 unspecified atom stereocenters. The molecule has 0 atom stereocenters. The molecule has 0 aliphatic heterocycles. The third kappa shape index (κ3) is 9.45. The summed E-state index contributed by atoms with van der Waals surface area (Å²) in [6, 6.07) is 0. The SMILES string of the molecule is CCC/C(C)=C/CC/C(C)=C\C=C/C(C)=O. The highest BCUT2D eigenvalue weighted by atomic mass is 16.1. The standard InChI is InChI=1S/C15H24O/c1-5-8-13(2)9-6-10-14(3)11-7-12-15(4)16/h7,9,11-12H,5-6,8,10H2,1-4H3/b12-7-,13-9+,14-11-. The van der Waals surface area contributed by atoms with Gasteiger partial charge >= 0.3 is 0 Å². The molecule has 0 N–H and O–H groups in total. The van der Waals surface area contributed by atoms with Gasteiger partial charge in [0.1, 0.15) is 0 Å². The van der Waals surface area contributed by atoms with E-state index < -0.39 is 0 Å². The van der Waals surface area contributed by atoms with Gasteiger partial charge in [0, 0.05) is 0 Å². The largest absolute Gasteiger partial charge is 0.295 e. The van der Waals surface area contributed by atoms with Crippen molar-refractivity contribution in [3.63, 3.8) is 0 Å². The molecular formula is C15H24O. The van der Waals surface area contributed by atoms with Gasteiger partial charge in [-0.05, 0) is 46.1 Å². The Morgan fingerprint density at radius 2 is 1.75 bits per heavy atom. The lowest BCUT2D eigenvalue weighted by Crippen LogP contribution is -1.80. The van der Waals surface area contributed by atoms with E-state index in [-0.39, 0.29) is 5.78 Å². The average molecular weight is 220 g/mol. The van der Waals surface area contributed by atoms with Crippen molar-refractivity contribution < 1.29 is 4.79 Å². The van der Waals surface area contributed by atoms with Crippen molar-refractivity contribution in [3.8, 4) is 0 Å². The second-order valence-electron chi connectivity index (χ2n) is 4.32. The molecule has 1 nitrogen and oxygen atoms in total. The van der Waals surface area contributed by atoms with E-state index in [0.29, 0.717) is 0 Å². The molecule has 0 heterocycles. The Morgan fingerprint density at radius 3 is 2.31 bits per heavy atom. The van der Waals surface area contributed by atoms with Gasteiger partial charge in [-0.3, -0.25) is 4.79 Å². The van der Waals surface area contributed by atoms with Crippen LogP contribution in [0.25, 0.3) is 0 Å². The van der Waals surface area contributed by atoms with Crippen LogP contribution >= 0.6 is 0 Å². The highest BCUT2D eigenvalue weighted by molar-refractivity contribution is 5.87. The summed E-state index contributed by atoms with van der Waals surface area (Å²) in [6.45, 7) is 8.07. The fraction of sp³-hybridized carbons (Fsp3) is 0.533. The van der Waals surface area contributed by atoms with Crippen LogP contribution in [0.2, 0.25) is 0 Å². The Labute approximate surface area is 99.9 Å². The van der Waals surface area contributed by atoms with Crippen molar-refractivity contribution in [2.24, 2.45) is 0 Å². The number of rotatable bonds is 7. The number of ketones is 1. The number of hydrogen-bond donors (Lipinski definition) is 0. The molecule has 16 heavy (non-hydrogen) atoms. The predicted molar refractivity (Wildman–Crippen MR) is 71.5 cm³/mol. The van der Waals surface area contributed by atoms with Gasteiger partial charge in [-0.2, -0.15) is 0 Å². The summed E-state index contributed by atoms with van der Waals surface area (Å²) in [5.41, 5.74) is 2.80. The Balaban J connectivity index is 3.93. The molecule has 0 aliphatic carbocycles. The van der Waals surface area contributed by atoms with Crippen LogP contribution in [0.5, 0.6) is 0 Å². The quantitative estimate of drug-likeness (QED) is 0.348. The lowest BCUT2D eigenvalue weighted by Gasteiger charge is -1.99. The zero-order valence-electron chi connectivity index (χ0n) is 11.0. The molecule has 0 rings (SSSR count). The molecule has 0 amide bonds. The van der Waals surface area contributed by atoms with Crippen molar-refractivity contribution in [2.75, 3.05) is 0 Å². The van der Waals surface area contributed by atoms with Crippen LogP contribution in [0.15, 0.2) is 35.5 Å². The molecule has 0 saturated carbocycles. The minimum absolute atomic E-state index is 0.0998. The van der Waals surface area contributed by atoms with Gasteiger partial charge in [0.05, 0.1) is 0 Å². The van der Waals surface area contributed by atoms with Crippen molar-refractivity contribution in [3.05, 3.63) is 35.5 Å². The van der Waals surface area contributed by atoms with Gasteiger partial charge in [-0.15, -0.1) is 0 Å². The summed E-state index contributed by atoms with van der Waals surface area (Å²) in [7, 11) is 0. The smallest absolute Gasteiger partial charge is 0.152 e. The van der Waals surface area contributed by atoms with E-state index in [1.165, 1.54) is 24.0 Å². The maximum Gasteiger partial charge on any atom is 0.152 e.